The first-order valence-corrected chi connectivity index (χ1v) is 6.85. The van der Waals surface area contributed by atoms with Crippen molar-refractivity contribution in [3.63, 3.8) is 0 Å². The molecule has 2 N–H and O–H groups in total. The van der Waals surface area contributed by atoms with Gasteiger partial charge in [-0.25, -0.2) is 9.97 Å². The van der Waals surface area contributed by atoms with E-state index < -0.39 is 0 Å². The summed E-state index contributed by atoms with van der Waals surface area (Å²) in [7, 11) is 0. The molecule has 1 aromatic carbocycles. The van der Waals surface area contributed by atoms with Gasteiger partial charge >= 0.3 is 0 Å². The molecule has 0 aliphatic carbocycles. The highest BCUT2D eigenvalue weighted by molar-refractivity contribution is 5.50. The van der Waals surface area contributed by atoms with E-state index in [-0.39, 0.29) is 6.61 Å². The number of nitrogens with one attached hydrogen (secondary N) is 1. The van der Waals surface area contributed by atoms with Crippen LogP contribution in [0.5, 0.6) is 0 Å². The molecule has 5 nitrogen and oxygen atoms in total. The molecule has 0 spiro atoms. The highest BCUT2D eigenvalue weighted by atomic mass is 16.3. The lowest BCUT2D eigenvalue weighted by Crippen LogP contribution is -2.31. The van der Waals surface area contributed by atoms with E-state index in [0.717, 1.165) is 31.1 Å². The third-order valence-electron chi connectivity index (χ3n) is 3.53. The first kappa shape index (κ1) is 12.9. The lowest BCUT2D eigenvalue weighted by Gasteiger charge is -2.29. The maximum atomic E-state index is 8.84. The van der Waals surface area contributed by atoms with Crippen molar-refractivity contribution in [3.05, 3.63) is 47.8 Å². The monoisotopic (exact) mass is 270 g/mol. The summed E-state index contributed by atoms with van der Waals surface area (Å²) in [6.07, 6.45) is 2.61. The summed E-state index contributed by atoms with van der Waals surface area (Å²) < 4.78 is 0. The second-order valence-electron chi connectivity index (χ2n) is 4.85. The molecule has 0 atom stereocenters. The number of benzene rings is 1. The van der Waals surface area contributed by atoms with Gasteiger partial charge in [-0.1, -0.05) is 24.3 Å². The van der Waals surface area contributed by atoms with Crippen molar-refractivity contribution in [1.82, 2.24) is 9.97 Å². The first-order chi connectivity index (χ1) is 9.86. The van der Waals surface area contributed by atoms with Gasteiger partial charge in [-0.05, 0) is 17.5 Å². The number of fused-ring (bicyclic) bond motifs is 1. The van der Waals surface area contributed by atoms with Crippen LogP contribution in [0.25, 0.3) is 0 Å². The van der Waals surface area contributed by atoms with E-state index in [1.165, 1.54) is 11.1 Å². The van der Waals surface area contributed by atoms with Gasteiger partial charge in [0.15, 0.2) is 0 Å². The molecule has 20 heavy (non-hydrogen) atoms. The molecule has 0 bridgehead atoms. The second-order valence-corrected chi connectivity index (χ2v) is 4.85. The van der Waals surface area contributed by atoms with Gasteiger partial charge in [0.1, 0.15) is 18.0 Å². The van der Waals surface area contributed by atoms with Gasteiger partial charge in [-0.2, -0.15) is 0 Å². The average Bonchev–Trinajstić information content (AvgIpc) is 2.53. The van der Waals surface area contributed by atoms with Gasteiger partial charge in [0, 0.05) is 25.7 Å². The Hall–Kier alpha value is -2.14. The van der Waals surface area contributed by atoms with Crippen LogP contribution in [0, 0.1) is 0 Å². The Morgan fingerprint density at radius 1 is 1.20 bits per heavy atom. The number of hydrogen-bond acceptors (Lipinski definition) is 5. The minimum Gasteiger partial charge on any atom is -0.395 e. The number of rotatable bonds is 4. The van der Waals surface area contributed by atoms with E-state index in [4.69, 9.17) is 5.11 Å². The third kappa shape index (κ3) is 2.72. The van der Waals surface area contributed by atoms with Crippen molar-refractivity contribution in [2.24, 2.45) is 0 Å². The van der Waals surface area contributed by atoms with Gasteiger partial charge in [0.05, 0.1) is 6.61 Å². The minimum atomic E-state index is 0.0937. The highest BCUT2D eigenvalue weighted by Gasteiger charge is 2.17. The predicted octanol–water partition coefficient (Wildman–Crippen LogP) is 1.44. The fourth-order valence-electron chi connectivity index (χ4n) is 2.49. The fourth-order valence-corrected chi connectivity index (χ4v) is 2.49. The molecular formula is C15H18N4O. The fraction of sp³-hybridized carbons (Fsp3) is 0.333. The van der Waals surface area contributed by atoms with Crippen LogP contribution in [-0.4, -0.2) is 34.8 Å². The third-order valence-corrected chi connectivity index (χ3v) is 3.53. The Balaban J connectivity index is 1.77. The van der Waals surface area contributed by atoms with E-state index in [0.29, 0.717) is 6.54 Å². The molecule has 2 aromatic rings. The smallest absolute Gasteiger partial charge is 0.134 e. The molecule has 2 heterocycles. The van der Waals surface area contributed by atoms with Crippen LogP contribution in [0.15, 0.2) is 36.7 Å². The van der Waals surface area contributed by atoms with Crippen LogP contribution in [-0.2, 0) is 13.0 Å². The van der Waals surface area contributed by atoms with Crippen molar-refractivity contribution in [1.29, 1.82) is 0 Å². The zero-order chi connectivity index (χ0) is 13.8. The van der Waals surface area contributed by atoms with Gasteiger partial charge in [-0.15, -0.1) is 0 Å². The molecule has 0 fully saturated rings. The molecule has 0 saturated carbocycles. The second kappa shape index (κ2) is 5.88. The summed E-state index contributed by atoms with van der Waals surface area (Å²) in [5.41, 5.74) is 2.79. The Morgan fingerprint density at radius 2 is 2.05 bits per heavy atom. The van der Waals surface area contributed by atoms with Crippen molar-refractivity contribution in [3.8, 4) is 0 Å². The van der Waals surface area contributed by atoms with Crippen LogP contribution in [0.2, 0.25) is 0 Å². The van der Waals surface area contributed by atoms with Crippen LogP contribution in [0.1, 0.15) is 11.1 Å². The number of anilines is 2. The quantitative estimate of drug-likeness (QED) is 0.880. The molecule has 0 radical (unpaired) electrons. The standard InChI is InChI=1S/C15H18N4O/c20-8-6-16-14-9-15(18-11-17-14)19-7-5-12-3-1-2-4-13(12)10-19/h1-4,9,11,20H,5-8,10H2,(H,16,17,18). The maximum absolute atomic E-state index is 8.84. The Morgan fingerprint density at radius 3 is 2.90 bits per heavy atom. The molecule has 1 aromatic heterocycles. The summed E-state index contributed by atoms with van der Waals surface area (Å²) >= 11 is 0. The van der Waals surface area contributed by atoms with E-state index >= 15 is 0 Å². The van der Waals surface area contributed by atoms with E-state index in [1.807, 2.05) is 6.07 Å². The summed E-state index contributed by atoms with van der Waals surface area (Å²) in [6.45, 7) is 2.44. The van der Waals surface area contributed by atoms with Crippen molar-refractivity contribution in [2.75, 3.05) is 29.9 Å². The summed E-state index contributed by atoms with van der Waals surface area (Å²) in [5, 5.41) is 11.9. The highest BCUT2D eigenvalue weighted by Crippen LogP contribution is 2.23. The Bertz CT molecular complexity index is 588. The average molecular weight is 270 g/mol. The van der Waals surface area contributed by atoms with Gasteiger partial charge in [0.2, 0.25) is 0 Å². The van der Waals surface area contributed by atoms with Crippen LogP contribution >= 0.6 is 0 Å². The summed E-state index contributed by atoms with van der Waals surface area (Å²) in [5.74, 6) is 1.68. The van der Waals surface area contributed by atoms with E-state index in [9.17, 15) is 0 Å². The zero-order valence-electron chi connectivity index (χ0n) is 11.3. The van der Waals surface area contributed by atoms with Crippen molar-refractivity contribution < 1.29 is 5.11 Å². The molecule has 0 saturated heterocycles. The lowest BCUT2D eigenvalue weighted by atomic mass is 10.00. The van der Waals surface area contributed by atoms with Crippen LogP contribution in [0.4, 0.5) is 11.6 Å². The van der Waals surface area contributed by atoms with Gasteiger partial charge in [0.25, 0.3) is 0 Å². The first-order valence-electron chi connectivity index (χ1n) is 6.85. The molecular weight excluding hydrogens is 252 g/mol. The summed E-state index contributed by atoms with van der Waals surface area (Å²) in [4.78, 5) is 10.8. The topological polar surface area (TPSA) is 61.3 Å². The number of aliphatic hydroxyl groups is 1. The van der Waals surface area contributed by atoms with Crippen molar-refractivity contribution in [2.45, 2.75) is 13.0 Å². The molecule has 0 unspecified atom stereocenters. The Kier molecular flexibility index (Phi) is 3.78. The molecule has 5 heteroatoms. The number of hydrogen-bond donors (Lipinski definition) is 2. The SMILES string of the molecule is OCCNc1cc(N2CCc3ccccc3C2)ncn1. The van der Waals surface area contributed by atoms with E-state index in [1.54, 1.807) is 6.33 Å². The Labute approximate surface area is 118 Å². The van der Waals surface area contributed by atoms with Crippen LogP contribution in [0.3, 0.4) is 0 Å². The van der Waals surface area contributed by atoms with Gasteiger partial charge in [-0.3, -0.25) is 0 Å². The minimum absolute atomic E-state index is 0.0937. The van der Waals surface area contributed by atoms with Crippen LogP contribution < -0.4 is 10.2 Å². The largest absolute Gasteiger partial charge is 0.395 e. The molecule has 1 aliphatic rings. The lowest BCUT2D eigenvalue weighted by molar-refractivity contribution is 0.311. The maximum Gasteiger partial charge on any atom is 0.134 e. The zero-order valence-corrected chi connectivity index (χ0v) is 11.3. The molecule has 104 valence electrons. The predicted molar refractivity (Wildman–Crippen MR) is 78.8 cm³/mol. The van der Waals surface area contributed by atoms with Gasteiger partial charge < -0.3 is 15.3 Å². The summed E-state index contributed by atoms with van der Waals surface area (Å²) in [6, 6.07) is 10.5. The van der Waals surface area contributed by atoms with E-state index in [2.05, 4.69) is 44.5 Å². The number of nitrogens with zero attached hydrogens (tertiary/aromatic N) is 3. The number of aromatic nitrogens is 2. The molecule has 0 amide bonds. The van der Waals surface area contributed by atoms with Crippen molar-refractivity contribution >= 4 is 11.6 Å². The molecule has 3 rings (SSSR count). The normalized spacial score (nSPS) is 13.9. The number of aliphatic hydroxyl groups excluding tert-OH is 1. The molecule has 1 aliphatic heterocycles.